The largest absolute Gasteiger partial charge is 0.333 e. The van der Waals surface area contributed by atoms with Crippen molar-refractivity contribution in [3.63, 3.8) is 0 Å². The van der Waals surface area contributed by atoms with Gasteiger partial charge in [-0.15, -0.1) is 0 Å². The molecular weight excluding hydrogens is 284 g/mol. The van der Waals surface area contributed by atoms with Crippen LogP contribution in [0.15, 0.2) is 30.3 Å². The van der Waals surface area contributed by atoms with E-state index in [1.54, 1.807) is 6.07 Å². The number of fused-ring (bicyclic) bond motifs is 1. The van der Waals surface area contributed by atoms with E-state index >= 15 is 0 Å². The average molecular weight is 303 g/mol. The molecule has 1 aromatic carbocycles. The molecule has 1 saturated heterocycles. The van der Waals surface area contributed by atoms with Gasteiger partial charge < -0.3 is 4.90 Å². The molecular formula is C17H19ClN2O. The summed E-state index contributed by atoms with van der Waals surface area (Å²) < 4.78 is 0. The highest BCUT2D eigenvalue weighted by Gasteiger charge is 2.30. The number of halogens is 1. The fourth-order valence-electron chi connectivity index (χ4n) is 3.28. The number of likely N-dealkylation sites (tertiary alicyclic amines) is 1. The van der Waals surface area contributed by atoms with Crippen molar-refractivity contribution in [3.8, 4) is 0 Å². The van der Waals surface area contributed by atoms with Crippen LogP contribution in [0.1, 0.15) is 43.5 Å². The van der Waals surface area contributed by atoms with Crippen molar-refractivity contribution in [2.24, 2.45) is 0 Å². The van der Waals surface area contributed by atoms with Crippen molar-refractivity contribution >= 4 is 28.4 Å². The van der Waals surface area contributed by atoms with Crippen LogP contribution in [0.3, 0.4) is 0 Å². The highest BCUT2D eigenvalue weighted by molar-refractivity contribution is 6.30. The molecule has 0 aliphatic carbocycles. The Morgan fingerprint density at radius 2 is 1.90 bits per heavy atom. The lowest BCUT2D eigenvalue weighted by molar-refractivity contribution is 0.0513. The number of carbonyl (C=O) groups excluding carboxylic acids is 1. The van der Waals surface area contributed by atoms with E-state index in [4.69, 9.17) is 11.6 Å². The Bertz CT molecular complexity index is 676. The zero-order valence-electron chi connectivity index (χ0n) is 12.3. The molecule has 2 atom stereocenters. The predicted octanol–water partition coefficient (Wildman–Crippen LogP) is 4.29. The highest BCUT2D eigenvalue weighted by atomic mass is 35.5. The van der Waals surface area contributed by atoms with Crippen molar-refractivity contribution < 1.29 is 4.79 Å². The summed E-state index contributed by atoms with van der Waals surface area (Å²) in [5.41, 5.74) is 1.43. The van der Waals surface area contributed by atoms with Crippen molar-refractivity contribution in [3.05, 3.63) is 41.0 Å². The molecule has 3 rings (SSSR count). The third kappa shape index (κ3) is 2.62. The number of piperidine rings is 1. The Kier molecular flexibility index (Phi) is 3.85. The van der Waals surface area contributed by atoms with E-state index in [2.05, 4.69) is 18.8 Å². The fourth-order valence-corrected chi connectivity index (χ4v) is 3.48. The van der Waals surface area contributed by atoms with E-state index < -0.39 is 0 Å². The van der Waals surface area contributed by atoms with E-state index in [0.29, 0.717) is 10.7 Å². The number of benzene rings is 1. The summed E-state index contributed by atoms with van der Waals surface area (Å²) in [6, 6.07) is 9.90. The van der Waals surface area contributed by atoms with Gasteiger partial charge in [-0.3, -0.25) is 4.79 Å². The molecule has 0 saturated carbocycles. The van der Waals surface area contributed by atoms with Gasteiger partial charge in [0.2, 0.25) is 0 Å². The summed E-state index contributed by atoms with van der Waals surface area (Å²) in [5.74, 6) is 0.0650. The topological polar surface area (TPSA) is 33.2 Å². The first-order chi connectivity index (χ1) is 10.1. The molecule has 0 spiro atoms. The second kappa shape index (κ2) is 5.64. The normalized spacial score (nSPS) is 22.5. The SMILES string of the molecule is C[C@@H]1CCC[C@H](C)N1C(=O)c1cc(Cl)nc2ccccc12. The van der Waals surface area contributed by atoms with Gasteiger partial charge in [0.25, 0.3) is 5.91 Å². The fraction of sp³-hybridized carbons (Fsp3) is 0.412. The molecule has 21 heavy (non-hydrogen) atoms. The molecule has 4 heteroatoms. The molecule has 0 radical (unpaired) electrons. The first kappa shape index (κ1) is 14.3. The van der Waals surface area contributed by atoms with Crippen LogP contribution in [0.5, 0.6) is 0 Å². The first-order valence-corrected chi connectivity index (χ1v) is 7.83. The Balaban J connectivity index is 2.09. The van der Waals surface area contributed by atoms with Crippen LogP contribution in [-0.2, 0) is 0 Å². The summed E-state index contributed by atoms with van der Waals surface area (Å²) in [4.78, 5) is 19.3. The second-order valence-electron chi connectivity index (χ2n) is 5.85. The minimum Gasteiger partial charge on any atom is -0.333 e. The van der Waals surface area contributed by atoms with Crippen molar-refractivity contribution in [1.82, 2.24) is 9.88 Å². The van der Waals surface area contributed by atoms with Gasteiger partial charge >= 0.3 is 0 Å². The average Bonchev–Trinajstić information content (AvgIpc) is 2.46. The van der Waals surface area contributed by atoms with Gasteiger partial charge in [0.1, 0.15) is 5.15 Å². The molecule has 3 nitrogen and oxygen atoms in total. The molecule has 1 fully saturated rings. The van der Waals surface area contributed by atoms with Gasteiger partial charge in [-0.1, -0.05) is 29.8 Å². The zero-order valence-corrected chi connectivity index (χ0v) is 13.1. The Morgan fingerprint density at radius 1 is 1.24 bits per heavy atom. The molecule has 1 aliphatic rings. The number of hydrogen-bond acceptors (Lipinski definition) is 2. The maximum absolute atomic E-state index is 13.0. The molecule has 0 N–H and O–H groups in total. The van der Waals surface area contributed by atoms with Crippen LogP contribution in [-0.4, -0.2) is 27.9 Å². The monoisotopic (exact) mass is 302 g/mol. The van der Waals surface area contributed by atoms with Crippen molar-refractivity contribution in [2.75, 3.05) is 0 Å². The maximum Gasteiger partial charge on any atom is 0.255 e. The minimum absolute atomic E-state index is 0.0650. The quantitative estimate of drug-likeness (QED) is 0.736. The van der Waals surface area contributed by atoms with E-state index in [1.165, 1.54) is 6.42 Å². The number of carbonyl (C=O) groups is 1. The molecule has 110 valence electrons. The number of nitrogens with zero attached hydrogens (tertiary/aromatic N) is 2. The number of para-hydroxylation sites is 1. The molecule has 2 aromatic rings. The molecule has 2 heterocycles. The molecule has 0 unspecified atom stereocenters. The van der Waals surface area contributed by atoms with Gasteiger partial charge in [0.05, 0.1) is 11.1 Å². The summed E-state index contributed by atoms with van der Waals surface area (Å²) in [6.07, 6.45) is 3.31. The second-order valence-corrected chi connectivity index (χ2v) is 6.24. The lowest BCUT2D eigenvalue weighted by Gasteiger charge is -2.39. The van der Waals surface area contributed by atoms with Crippen LogP contribution < -0.4 is 0 Å². The van der Waals surface area contributed by atoms with Crippen LogP contribution in [0.25, 0.3) is 10.9 Å². The van der Waals surface area contributed by atoms with E-state index in [-0.39, 0.29) is 18.0 Å². The number of pyridine rings is 1. The van der Waals surface area contributed by atoms with Crippen molar-refractivity contribution in [1.29, 1.82) is 0 Å². The van der Waals surface area contributed by atoms with Crippen LogP contribution in [0, 0.1) is 0 Å². The van der Waals surface area contributed by atoms with E-state index in [9.17, 15) is 4.79 Å². The number of aromatic nitrogens is 1. The molecule has 0 bridgehead atoms. The Hall–Kier alpha value is -1.61. The van der Waals surface area contributed by atoms with Gasteiger partial charge in [0, 0.05) is 17.5 Å². The van der Waals surface area contributed by atoms with Crippen LogP contribution in [0.2, 0.25) is 5.15 Å². The minimum atomic E-state index is 0.0650. The lowest BCUT2D eigenvalue weighted by atomic mass is 9.96. The molecule has 1 aliphatic heterocycles. The van der Waals surface area contributed by atoms with Crippen molar-refractivity contribution in [2.45, 2.75) is 45.2 Å². The Morgan fingerprint density at radius 3 is 2.62 bits per heavy atom. The lowest BCUT2D eigenvalue weighted by Crippen LogP contribution is -2.47. The van der Waals surface area contributed by atoms with Crippen LogP contribution >= 0.6 is 11.6 Å². The van der Waals surface area contributed by atoms with Gasteiger partial charge in [-0.2, -0.15) is 0 Å². The summed E-state index contributed by atoms with van der Waals surface area (Å²) in [5, 5.41) is 1.24. The predicted molar refractivity (Wildman–Crippen MR) is 85.7 cm³/mol. The number of hydrogen-bond donors (Lipinski definition) is 0. The summed E-state index contributed by atoms with van der Waals surface area (Å²) >= 11 is 6.10. The number of amides is 1. The molecule has 1 aromatic heterocycles. The smallest absolute Gasteiger partial charge is 0.255 e. The van der Waals surface area contributed by atoms with E-state index in [1.807, 2.05) is 29.2 Å². The van der Waals surface area contributed by atoms with Gasteiger partial charge in [-0.05, 0) is 45.2 Å². The maximum atomic E-state index is 13.0. The van der Waals surface area contributed by atoms with Crippen LogP contribution in [0.4, 0.5) is 0 Å². The standard InChI is InChI=1S/C17H19ClN2O/c1-11-6-5-7-12(2)20(11)17(21)14-10-16(18)19-15-9-4-3-8-13(14)15/h3-4,8-12H,5-7H2,1-2H3/t11-,12+. The first-order valence-electron chi connectivity index (χ1n) is 7.46. The van der Waals surface area contributed by atoms with Gasteiger partial charge in [0.15, 0.2) is 0 Å². The third-order valence-corrected chi connectivity index (χ3v) is 4.54. The summed E-state index contributed by atoms with van der Waals surface area (Å²) in [7, 11) is 0. The zero-order chi connectivity index (χ0) is 15.0. The Labute approximate surface area is 129 Å². The number of rotatable bonds is 1. The highest BCUT2D eigenvalue weighted by Crippen LogP contribution is 2.28. The third-order valence-electron chi connectivity index (χ3n) is 4.34. The van der Waals surface area contributed by atoms with Gasteiger partial charge in [-0.25, -0.2) is 4.98 Å². The van der Waals surface area contributed by atoms with E-state index in [0.717, 1.165) is 23.7 Å². The molecule has 1 amide bonds. The summed E-state index contributed by atoms with van der Waals surface area (Å²) in [6.45, 7) is 4.25.